The van der Waals surface area contributed by atoms with Gasteiger partial charge in [0.2, 0.25) is 5.91 Å². The molecule has 2 N–H and O–H groups in total. The number of hydrogen-bond acceptors (Lipinski definition) is 3. The number of nitrogens with one attached hydrogen (secondary N) is 1. The van der Waals surface area contributed by atoms with Crippen LogP contribution in [0.5, 0.6) is 0 Å². The van der Waals surface area contributed by atoms with Gasteiger partial charge in [0.05, 0.1) is 17.4 Å². The Hall–Kier alpha value is -1.88. The lowest BCUT2D eigenvalue weighted by Gasteiger charge is -2.26. The third kappa shape index (κ3) is 3.78. The second-order valence-corrected chi connectivity index (χ2v) is 7.07. The molecule has 1 heterocycles. The van der Waals surface area contributed by atoms with Gasteiger partial charge in [-0.3, -0.25) is 9.59 Å². The summed E-state index contributed by atoms with van der Waals surface area (Å²) >= 11 is 0. The number of aliphatic hydroxyl groups excluding tert-OH is 1. The molecular weight excluding hydrogens is 304 g/mol. The first-order valence-corrected chi connectivity index (χ1v) is 8.92. The van der Waals surface area contributed by atoms with Crippen LogP contribution in [-0.2, 0) is 4.79 Å². The minimum atomic E-state index is -0.239. The van der Waals surface area contributed by atoms with Crippen LogP contribution in [0.25, 0.3) is 0 Å². The van der Waals surface area contributed by atoms with E-state index in [-0.39, 0.29) is 17.9 Å². The first kappa shape index (κ1) is 17.0. The zero-order valence-corrected chi connectivity index (χ0v) is 14.3. The summed E-state index contributed by atoms with van der Waals surface area (Å²) in [5, 5.41) is 12.8. The largest absolute Gasteiger partial charge is 0.393 e. The SMILES string of the molecule is Cc1ccc(N2CCCC2=O)c(C(=O)NCC2CCCC(O)C2)c1. The lowest BCUT2D eigenvalue weighted by atomic mass is 9.87. The standard InChI is InChI=1S/C19H26N2O3/c1-13-7-8-17(21-9-3-6-18(21)23)16(10-13)19(24)20-12-14-4-2-5-15(22)11-14/h7-8,10,14-15,22H,2-6,9,11-12H2,1H3,(H,20,24). The minimum absolute atomic E-state index is 0.0864. The molecule has 1 aliphatic carbocycles. The van der Waals surface area contributed by atoms with Crippen LogP contribution in [0.1, 0.15) is 54.4 Å². The zero-order chi connectivity index (χ0) is 17.1. The fourth-order valence-corrected chi connectivity index (χ4v) is 3.75. The number of aliphatic hydroxyl groups is 1. The Labute approximate surface area is 143 Å². The number of amides is 2. The summed E-state index contributed by atoms with van der Waals surface area (Å²) in [6.45, 7) is 3.21. The van der Waals surface area contributed by atoms with E-state index in [2.05, 4.69) is 5.32 Å². The smallest absolute Gasteiger partial charge is 0.253 e. The lowest BCUT2D eigenvalue weighted by Crippen LogP contribution is -2.34. The highest BCUT2D eigenvalue weighted by molar-refractivity contribution is 6.05. The van der Waals surface area contributed by atoms with Crippen molar-refractivity contribution in [3.63, 3.8) is 0 Å². The molecule has 2 aliphatic rings. The summed E-state index contributed by atoms with van der Waals surface area (Å²) in [6, 6.07) is 5.67. The Bertz CT molecular complexity index is 629. The number of carbonyl (C=O) groups excluding carboxylic acids is 2. The van der Waals surface area contributed by atoms with E-state index in [9.17, 15) is 14.7 Å². The topological polar surface area (TPSA) is 69.6 Å². The highest BCUT2D eigenvalue weighted by Gasteiger charge is 2.26. The van der Waals surface area contributed by atoms with Gasteiger partial charge in [-0.1, -0.05) is 18.1 Å². The monoisotopic (exact) mass is 330 g/mol. The number of hydrogen-bond donors (Lipinski definition) is 2. The van der Waals surface area contributed by atoms with Crippen molar-refractivity contribution in [1.82, 2.24) is 5.32 Å². The molecule has 1 aliphatic heterocycles. The van der Waals surface area contributed by atoms with E-state index in [1.807, 2.05) is 25.1 Å². The fraction of sp³-hybridized carbons (Fsp3) is 0.579. The van der Waals surface area contributed by atoms with Gasteiger partial charge in [-0.25, -0.2) is 0 Å². The first-order chi connectivity index (χ1) is 11.5. The molecule has 2 amide bonds. The van der Waals surface area contributed by atoms with Crippen molar-refractivity contribution in [2.45, 2.75) is 51.6 Å². The van der Waals surface area contributed by atoms with E-state index in [1.54, 1.807) is 4.90 Å². The predicted molar refractivity (Wildman–Crippen MR) is 93.1 cm³/mol. The minimum Gasteiger partial charge on any atom is -0.393 e. The second kappa shape index (κ2) is 7.34. The van der Waals surface area contributed by atoms with Crippen LogP contribution in [0.2, 0.25) is 0 Å². The molecule has 2 atom stereocenters. The molecule has 0 bridgehead atoms. The quantitative estimate of drug-likeness (QED) is 0.891. The van der Waals surface area contributed by atoms with Gasteiger partial charge in [0, 0.05) is 19.5 Å². The van der Waals surface area contributed by atoms with Gasteiger partial charge in [-0.2, -0.15) is 0 Å². The summed E-state index contributed by atoms with van der Waals surface area (Å²) in [5.74, 6) is 0.288. The van der Waals surface area contributed by atoms with Crippen molar-refractivity contribution in [2.24, 2.45) is 5.92 Å². The first-order valence-electron chi connectivity index (χ1n) is 8.92. The highest BCUT2D eigenvalue weighted by atomic mass is 16.3. The number of aryl methyl sites for hydroxylation is 1. The maximum atomic E-state index is 12.7. The zero-order valence-electron chi connectivity index (χ0n) is 14.3. The van der Waals surface area contributed by atoms with Crippen LogP contribution < -0.4 is 10.2 Å². The summed E-state index contributed by atoms with van der Waals surface area (Å²) in [5.41, 5.74) is 2.29. The molecule has 130 valence electrons. The van der Waals surface area contributed by atoms with Crippen LogP contribution in [-0.4, -0.2) is 36.1 Å². The van der Waals surface area contributed by atoms with Crippen molar-refractivity contribution < 1.29 is 14.7 Å². The van der Waals surface area contributed by atoms with Crippen molar-refractivity contribution in [1.29, 1.82) is 0 Å². The molecule has 24 heavy (non-hydrogen) atoms. The molecule has 0 aromatic heterocycles. The average molecular weight is 330 g/mol. The van der Waals surface area contributed by atoms with Crippen LogP contribution in [0.4, 0.5) is 5.69 Å². The van der Waals surface area contributed by atoms with Gasteiger partial charge in [0.25, 0.3) is 5.91 Å². The van der Waals surface area contributed by atoms with E-state index < -0.39 is 0 Å². The van der Waals surface area contributed by atoms with Crippen molar-refractivity contribution in [2.75, 3.05) is 18.0 Å². The van der Waals surface area contributed by atoms with E-state index in [0.717, 1.165) is 37.7 Å². The van der Waals surface area contributed by atoms with E-state index in [4.69, 9.17) is 0 Å². The normalized spacial score (nSPS) is 24.2. The van der Waals surface area contributed by atoms with E-state index in [0.29, 0.717) is 36.7 Å². The van der Waals surface area contributed by atoms with Gasteiger partial charge in [0.15, 0.2) is 0 Å². The molecule has 0 radical (unpaired) electrons. The molecule has 3 rings (SSSR count). The lowest BCUT2D eigenvalue weighted by molar-refractivity contribution is -0.117. The van der Waals surface area contributed by atoms with E-state index >= 15 is 0 Å². The number of nitrogens with zero attached hydrogens (tertiary/aromatic N) is 1. The van der Waals surface area contributed by atoms with Crippen molar-refractivity contribution >= 4 is 17.5 Å². The number of carbonyl (C=O) groups is 2. The molecule has 2 fully saturated rings. The van der Waals surface area contributed by atoms with Gasteiger partial charge in [-0.05, 0) is 50.7 Å². The molecule has 1 aromatic carbocycles. The maximum absolute atomic E-state index is 12.7. The Morgan fingerprint density at radius 3 is 2.88 bits per heavy atom. The third-order valence-corrected chi connectivity index (χ3v) is 5.07. The number of benzene rings is 1. The molecule has 2 unspecified atom stereocenters. The molecule has 1 saturated carbocycles. The summed E-state index contributed by atoms with van der Waals surface area (Å²) in [6.07, 6.45) is 4.83. The molecule has 5 heteroatoms. The van der Waals surface area contributed by atoms with Crippen molar-refractivity contribution in [3.05, 3.63) is 29.3 Å². The molecule has 1 saturated heterocycles. The van der Waals surface area contributed by atoms with Crippen LogP contribution in [0, 0.1) is 12.8 Å². The van der Waals surface area contributed by atoms with Gasteiger partial charge < -0.3 is 15.3 Å². The molecule has 0 spiro atoms. The third-order valence-electron chi connectivity index (χ3n) is 5.07. The Morgan fingerprint density at radius 1 is 1.33 bits per heavy atom. The van der Waals surface area contributed by atoms with Gasteiger partial charge in [0.1, 0.15) is 0 Å². The van der Waals surface area contributed by atoms with Crippen LogP contribution >= 0.6 is 0 Å². The van der Waals surface area contributed by atoms with Gasteiger partial charge >= 0.3 is 0 Å². The highest BCUT2D eigenvalue weighted by Crippen LogP contribution is 2.27. The summed E-state index contributed by atoms with van der Waals surface area (Å²) in [4.78, 5) is 26.5. The second-order valence-electron chi connectivity index (χ2n) is 7.07. The number of rotatable bonds is 4. The van der Waals surface area contributed by atoms with Crippen LogP contribution in [0.15, 0.2) is 18.2 Å². The predicted octanol–water partition coefficient (Wildman–Crippen LogP) is 2.40. The summed E-state index contributed by atoms with van der Waals surface area (Å²) in [7, 11) is 0. The molecule has 1 aromatic rings. The molecular formula is C19H26N2O3. The Morgan fingerprint density at radius 2 is 2.17 bits per heavy atom. The fourth-order valence-electron chi connectivity index (χ4n) is 3.75. The Balaban J connectivity index is 1.71. The number of anilines is 1. The average Bonchev–Trinajstić information content (AvgIpc) is 2.98. The Kier molecular flexibility index (Phi) is 5.19. The summed E-state index contributed by atoms with van der Waals surface area (Å²) < 4.78 is 0. The van der Waals surface area contributed by atoms with Crippen LogP contribution in [0.3, 0.4) is 0 Å². The van der Waals surface area contributed by atoms with E-state index in [1.165, 1.54) is 0 Å². The molecule has 5 nitrogen and oxygen atoms in total. The van der Waals surface area contributed by atoms with Crippen molar-refractivity contribution in [3.8, 4) is 0 Å². The maximum Gasteiger partial charge on any atom is 0.253 e. The van der Waals surface area contributed by atoms with Gasteiger partial charge in [-0.15, -0.1) is 0 Å².